The highest BCUT2D eigenvalue weighted by Crippen LogP contribution is 1.99. The Balaban J connectivity index is 3.35. The lowest BCUT2D eigenvalue weighted by atomic mass is 10.2. The summed E-state index contributed by atoms with van der Waals surface area (Å²) in [6.07, 6.45) is 5.33. The molecule has 0 heterocycles. The maximum atomic E-state index is 11.6. The van der Waals surface area contributed by atoms with E-state index in [-0.39, 0.29) is 18.6 Å². The molecule has 2 N–H and O–H groups in total. The summed E-state index contributed by atoms with van der Waals surface area (Å²) in [7, 11) is 0. The second-order valence-electron chi connectivity index (χ2n) is 5.06. The first-order valence-electron chi connectivity index (χ1n) is 8.00. The van der Waals surface area contributed by atoms with Crippen LogP contribution in [0, 0.1) is 0 Å². The van der Waals surface area contributed by atoms with Crippen molar-refractivity contribution in [1.29, 1.82) is 0 Å². The van der Waals surface area contributed by atoms with Gasteiger partial charge in [0, 0.05) is 19.5 Å². The quantitative estimate of drug-likeness (QED) is 0.404. The van der Waals surface area contributed by atoms with E-state index in [1.54, 1.807) is 0 Å². The lowest BCUT2D eigenvalue weighted by Crippen LogP contribution is -2.28. The predicted molar refractivity (Wildman–Crippen MR) is 86.7 cm³/mol. The highest BCUT2D eigenvalue weighted by Gasteiger charge is 2.03. The molecule has 1 atom stereocenters. The zero-order valence-corrected chi connectivity index (χ0v) is 13.9. The third-order valence-electron chi connectivity index (χ3n) is 3.08. The minimum absolute atomic E-state index is 0.0473. The molecule has 0 saturated heterocycles. The Kier molecular flexibility index (Phi) is 13.4. The normalized spacial score (nSPS) is 11.5. The highest BCUT2D eigenvalue weighted by atomic mass is 16.5. The van der Waals surface area contributed by atoms with Gasteiger partial charge < -0.3 is 20.1 Å². The Labute approximate surface area is 133 Å². The molecule has 0 spiro atoms. The van der Waals surface area contributed by atoms with Crippen LogP contribution in [-0.4, -0.2) is 44.4 Å². The van der Waals surface area contributed by atoms with Gasteiger partial charge in [0.05, 0.1) is 12.7 Å². The summed E-state index contributed by atoms with van der Waals surface area (Å²) < 4.78 is 10.2. The van der Waals surface area contributed by atoms with E-state index in [0.717, 1.165) is 25.7 Å². The third kappa shape index (κ3) is 13.4. The molecule has 6 heteroatoms. The van der Waals surface area contributed by atoms with Crippen LogP contribution in [0.25, 0.3) is 0 Å². The van der Waals surface area contributed by atoms with Gasteiger partial charge >= 0.3 is 6.09 Å². The van der Waals surface area contributed by atoms with Crippen LogP contribution in [-0.2, 0) is 14.3 Å². The number of amides is 2. The molecule has 0 radical (unpaired) electrons. The van der Waals surface area contributed by atoms with Crippen LogP contribution in [0.3, 0.4) is 0 Å². The van der Waals surface area contributed by atoms with Crippen molar-refractivity contribution < 1.29 is 19.1 Å². The zero-order valence-electron chi connectivity index (χ0n) is 13.9. The molecule has 22 heavy (non-hydrogen) atoms. The number of nitrogens with one attached hydrogen (secondary N) is 2. The lowest BCUT2D eigenvalue weighted by Gasteiger charge is -2.11. The molecule has 2 amide bonds. The average molecular weight is 314 g/mol. The van der Waals surface area contributed by atoms with Gasteiger partial charge in [-0.05, 0) is 26.2 Å². The summed E-state index contributed by atoms with van der Waals surface area (Å²) in [4.78, 5) is 22.7. The van der Waals surface area contributed by atoms with Gasteiger partial charge in [-0.25, -0.2) is 4.79 Å². The van der Waals surface area contributed by atoms with Gasteiger partial charge in [0.2, 0.25) is 5.91 Å². The molecule has 0 aliphatic rings. The van der Waals surface area contributed by atoms with E-state index in [0.29, 0.717) is 26.1 Å². The molecule has 0 aromatic rings. The fourth-order valence-electron chi connectivity index (χ4n) is 1.62. The number of unbranched alkanes of at least 4 members (excludes halogenated alkanes) is 2. The van der Waals surface area contributed by atoms with E-state index in [1.807, 2.05) is 6.92 Å². The molecule has 1 unspecified atom stereocenters. The summed E-state index contributed by atoms with van der Waals surface area (Å²) in [6.45, 7) is 9.42. The van der Waals surface area contributed by atoms with Gasteiger partial charge in [0.25, 0.3) is 0 Å². The van der Waals surface area contributed by atoms with Crippen LogP contribution in [0.1, 0.15) is 46.0 Å². The van der Waals surface area contributed by atoms with E-state index in [4.69, 9.17) is 9.47 Å². The number of carbonyl (C=O) groups excluding carboxylic acids is 2. The van der Waals surface area contributed by atoms with Crippen molar-refractivity contribution in [3.8, 4) is 0 Å². The molecule has 0 aromatic heterocycles. The summed E-state index contributed by atoms with van der Waals surface area (Å²) in [5.41, 5.74) is 0. The topological polar surface area (TPSA) is 76.7 Å². The maximum absolute atomic E-state index is 11.6. The molecular formula is C16H30N2O4. The summed E-state index contributed by atoms with van der Waals surface area (Å²) in [6, 6.07) is 0. The Bertz CT molecular complexity index is 321. The van der Waals surface area contributed by atoms with E-state index < -0.39 is 6.09 Å². The second kappa shape index (κ2) is 14.4. The molecule has 128 valence electrons. The standard InChI is InChI=1S/C16H30N2O4/c1-4-12-22-16(20)18-10-8-6-7-9-15(19)17-11-13-21-14(3)5-2/h4,14H,1,5-13H2,2-3H3,(H,17,19)(H,18,20). The molecular weight excluding hydrogens is 284 g/mol. The van der Waals surface area contributed by atoms with E-state index in [9.17, 15) is 9.59 Å². The van der Waals surface area contributed by atoms with Crippen LogP contribution >= 0.6 is 0 Å². The largest absolute Gasteiger partial charge is 0.445 e. The number of hydrogen-bond donors (Lipinski definition) is 2. The van der Waals surface area contributed by atoms with Gasteiger partial charge in [-0.15, -0.1) is 0 Å². The third-order valence-corrected chi connectivity index (χ3v) is 3.08. The summed E-state index contributed by atoms with van der Waals surface area (Å²) in [5.74, 6) is 0.0473. The Hall–Kier alpha value is -1.56. The molecule has 0 fully saturated rings. The SMILES string of the molecule is C=CCOC(=O)NCCCCCC(=O)NCCOC(C)CC. The first-order chi connectivity index (χ1) is 10.6. The first-order valence-corrected chi connectivity index (χ1v) is 8.00. The molecule has 0 aromatic carbocycles. The van der Waals surface area contributed by atoms with E-state index in [1.165, 1.54) is 6.08 Å². The van der Waals surface area contributed by atoms with Crippen molar-refractivity contribution >= 4 is 12.0 Å². The molecule has 0 bridgehead atoms. The fourth-order valence-corrected chi connectivity index (χ4v) is 1.62. The second-order valence-corrected chi connectivity index (χ2v) is 5.06. The number of rotatable bonds is 13. The maximum Gasteiger partial charge on any atom is 0.407 e. The number of ether oxygens (including phenoxy) is 2. The minimum atomic E-state index is -0.432. The van der Waals surface area contributed by atoms with Gasteiger partial charge in [0.15, 0.2) is 0 Å². The van der Waals surface area contributed by atoms with Gasteiger partial charge in [0.1, 0.15) is 6.61 Å². The lowest BCUT2D eigenvalue weighted by molar-refractivity contribution is -0.121. The van der Waals surface area contributed by atoms with E-state index >= 15 is 0 Å². The van der Waals surface area contributed by atoms with Crippen molar-refractivity contribution in [1.82, 2.24) is 10.6 Å². The average Bonchev–Trinajstić information content (AvgIpc) is 2.52. The van der Waals surface area contributed by atoms with Crippen LogP contribution in [0.4, 0.5) is 4.79 Å². The molecule has 0 aliphatic carbocycles. The van der Waals surface area contributed by atoms with Gasteiger partial charge in [-0.1, -0.05) is 26.0 Å². The molecule has 0 aliphatic heterocycles. The van der Waals surface area contributed by atoms with Gasteiger partial charge in [-0.2, -0.15) is 0 Å². The van der Waals surface area contributed by atoms with Crippen LogP contribution in [0.2, 0.25) is 0 Å². The first kappa shape index (κ1) is 20.4. The van der Waals surface area contributed by atoms with Crippen LogP contribution in [0.5, 0.6) is 0 Å². The van der Waals surface area contributed by atoms with Crippen molar-refractivity contribution in [3.05, 3.63) is 12.7 Å². The minimum Gasteiger partial charge on any atom is -0.445 e. The fraction of sp³-hybridized carbons (Fsp3) is 0.750. The van der Waals surface area contributed by atoms with Crippen molar-refractivity contribution in [2.75, 3.05) is 26.3 Å². The summed E-state index contributed by atoms with van der Waals surface area (Å²) >= 11 is 0. The van der Waals surface area contributed by atoms with Crippen molar-refractivity contribution in [2.45, 2.75) is 52.1 Å². The van der Waals surface area contributed by atoms with E-state index in [2.05, 4.69) is 24.1 Å². The highest BCUT2D eigenvalue weighted by molar-refractivity contribution is 5.75. The summed E-state index contributed by atoms with van der Waals surface area (Å²) in [5, 5.41) is 5.47. The Morgan fingerprint density at radius 3 is 2.64 bits per heavy atom. The molecule has 0 rings (SSSR count). The molecule has 0 saturated carbocycles. The van der Waals surface area contributed by atoms with Crippen LogP contribution < -0.4 is 10.6 Å². The van der Waals surface area contributed by atoms with Crippen LogP contribution in [0.15, 0.2) is 12.7 Å². The smallest absolute Gasteiger partial charge is 0.407 e. The monoisotopic (exact) mass is 314 g/mol. The zero-order chi connectivity index (χ0) is 16.6. The van der Waals surface area contributed by atoms with Crippen molar-refractivity contribution in [3.63, 3.8) is 0 Å². The Morgan fingerprint density at radius 1 is 1.18 bits per heavy atom. The Morgan fingerprint density at radius 2 is 1.95 bits per heavy atom. The van der Waals surface area contributed by atoms with Gasteiger partial charge in [-0.3, -0.25) is 4.79 Å². The number of hydrogen-bond acceptors (Lipinski definition) is 4. The number of carbonyl (C=O) groups is 2. The van der Waals surface area contributed by atoms with Crippen molar-refractivity contribution in [2.24, 2.45) is 0 Å². The predicted octanol–water partition coefficient (Wildman–Crippen LogP) is 2.39. The number of alkyl carbamates (subject to hydrolysis) is 1. The molecule has 6 nitrogen and oxygen atoms in total.